The molecule has 3 heteroatoms. The lowest BCUT2D eigenvalue weighted by Crippen LogP contribution is -2.42. The number of aldehydes is 1. The van der Waals surface area contributed by atoms with Gasteiger partial charge in [0.15, 0.2) is 0 Å². The highest BCUT2D eigenvalue weighted by molar-refractivity contribution is 5.58. The van der Waals surface area contributed by atoms with Crippen molar-refractivity contribution in [1.29, 1.82) is 0 Å². The van der Waals surface area contributed by atoms with Gasteiger partial charge in [0.05, 0.1) is 0 Å². The van der Waals surface area contributed by atoms with E-state index in [1.54, 1.807) is 0 Å². The van der Waals surface area contributed by atoms with Crippen LogP contribution < -0.4 is 5.32 Å². The molecular formula is C16H18FNO. The molecule has 0 aliphatic heterocycles. The molecule has 2 bridgehead atoms. The van der Waals surface area contributed by atoms with E-state index in [0.717, 1.165) is 23.9 Å². The summed E-state index contributed by atoms with van der Waals surface area (Å²) in [7, 11) is 0. The molecule has 3 aliphatic rings. The molecule has 1 aromatic rings. The molecule has 6 atom stereocenters. The minimum Gasteiger partial charge on any atom is -0.309 e. The normalized spacial score (nSPS) is 42.2. The van der Waals surface area contributed by atoms with E-state index in [1.807, 2.05) is 12.1 Å². The van der Waals surface area contributed by atoms with Crippen molar-refractivity contribution in [3.63, 3.8) is 0 Å². The van der Waals surface area contributed by atoms with Crippen LogP contribution >= 0.6 is 0 Å². The quantitative estimate of drug-likeness (QED) is 0.841. The van der Waals surface area contributed by atoms with Crippen molar-refractivity contribution in [3.05, 3.63) is 35.6 Å². The molecule has 0 amide bonds. The smallest absolute Gasteiger partial charge is 0.124 e. The number of rotatable bonds is 4. The maximum atomic E-state index is 12.9. The van der Waals surface area contributed by atoms with Crippen molar-refractivity contribution < 1.29 is 9.18 Å². The Morgan fingerprint density at radius 3 is 2.53 bits per heavy atom. The Balaban J connectivity index is 1.45. The fourth-order valence-corrected chi connectivity index (χ4v) is 4.60. The van der Waals surface area contributed by atoms with Crippen LogP contribution in [0.2, 0.25) is 0 Å². The molecule has 1 N–H and O–H groups in total. The van der Waals surface area contributed by atoms with Crippen molar-refractivity contribution in [2.45, 2.75) is 25.4 Å². The summed E-state index contributed by atoms with van der Waals surface area (Å²) in [5, 5.41) is 3.55. The Bertz CT molecular complexity index is 500. The average molecular weight is 259 g/mol. The van der Waals surface area contributed by atoms with E-state index in [9.17, 15) is 9.18 Å². The van der Waals surface area contributed by atoms with Crippen molar-refractivity contribution >= 4 is 6.29 Å². The lowest BCUT2D eigenvalue weighted by molar-refractivity contribution is -0.113. The third-order valence-electron chi connectivity index (χ3n) is 5.52. The molecule has 0 spiro atoms. The summed E-state index contributed by atoms with van der Waals surface area (Å²) in [4.78, 5) is 11.3. The molecule has 19 heavy (non-hydrogen) atoms. The van der Waals surface area contributed by atoms with Crippen LogP contribution in [0.15, 0.2) is 24.3 Å². The summed E-state index contributed by atoms with van der Waals surface area (Å²) in [6.07, 6.45) is 3.75. The summed E-state index contributed by atoms with van der Waals surface area (Å²) in [6.45, 7) is 0.732. The molecule has 100 valence electrons. The van der Waals surface area contributed by atoms with Crippen LogP contribution in [-0.4, -0.2) is 12.3 Å². The first kappa shape index (κ1) is 11.6. The van der Waals surface area contributed by atoms with E-state index in [4.69, 9.17) is 0 Å². The Morgan fingerprint density at radius 1 is 1.11 bits per heavy atom. The molecule has 3 aliphatic carbocycles. The summed E-state index contributed by atoms with van der Waals surface area (Å²) in [5.74, 6) is 3.07. The van der Waals surface area contributed by atoms with E-state index in [-0.39, 0.29) is 11.7 Å². The summed E-state index contributed by atoms with van der Waals surface area (Å²) < 4.78 is 12.9. The Labute approximate surface area is 112 Å². The van der Waals surface area contributed by atoms with Crippen LogP contribution in [0.3, 0.4) is 0 Å². The number of halogens is 1. The number of benzene rings is 1. The molecule has 0 radical (unpaired) electrons. The van der Waals surface area contributed by atoms with Crippen LogP contribution in [0.1, 0.15) is 18.4 Å². The van der Waals surface area contributed by atoms with Gasteiger partial charge in [0.1, 0.15) is 12.1 Å². The third kappa shape index (κ3) is 1.75. The fourth-order valence-electron chi connectivity index (χ4n) is 4.60. The highest BCUT2D eigenvalue weighted by atomic mass is 19.1. The largest absolute Gasteiger partial charge is 0.309 e. The molecule has 0 aromatic heterocycles. The van der Waals surface area contributed by atoms with Crippen molar-refractivity contribution in [2.24, 2.45) is 29.6 Å². The zero-order valence-corrected chi connectivity index (χ0v) is 10.8. The maximum absolute atomic E-state index is 12.9. The Hall–Kier alpha value is -1.22. The maximum Gasteiger partial charge on any atom is 0.124 e. The zero-order valence-electron chi connectivity index (χ0n) is 10.8. The van der Waals surface area contributed by atoms with Gasteiger partial charge in [-0.15, -0.1) is 0 Å². The predicted octanol–water partition coefficient (Wildman–Crippen LogP) is 2.38. The van der Waals surface area contributed by atoms with Gasteiger partial charge in [0, 0.05) is 18.5 Å². The molecule has 4 rings (SSSR count). The van der Waals surface area contributed by atoms with Crippen molar-refractivity contribution in [3.8, 4) is 0 Å². The average Bonchev–Trinajstić information content (AvgIpc) is 3.05. The minimum absolute atomic E-state index is 0.199. The van der Waals surface area contributed by atoms with Gasteiger partial charge in [-0.25, -0.2) is 4.39 Å². The highest BCUT2D eigenvalue weighted by Crippen LogP contribution is 2.67. The van der Waals surface area contributed by atoms with Crippen LogP contribution in [-0.2, 0) is 11.3 Å². The van der Waals surface area contributed by atoms with Gasteiger partial charge in [0.25, 0.3) is 0 Å². The molecule has 1 aromatic carbocycles. The molecular weight excluding hydrogens is 241 g/mol. The molecule has 3 saturated carbocycles. The number of hydrogen-bond acceptors (Lipinski definition) is 2. The first-order valence-electron chi connectivity index (χ1n) is 7.21. The summed E-state index contributed by atoms with van der Waals surface area (Å²) in [6, 6.07) is 6.95. The van der Waals surface area contributed by atoms with Gasteiger partial charge in [0.2, 0.25) is 0 Å². The standard InChI is InChI=1S/C16H18FNO/c17-10-3-1-9(2-4-10)7-18-16-14-6-13(15(16)8-19)11-5-12(11)14/h1-4,8,11-16,18H,5-7H2/t11-,12+,13?,14?,15?,16?/m1/s1. The SMILES string of the molecule is O=CC1C(NCc2ccc(F)cc2)C2CC1[C@@H]1C[C@H]21. The third-order valence-corrected chi connectivity index (χ3v) is 5.52. The van der Waals surface area contributed by atoms with Gasteiger partial charge in [-0.1, -0.05) is 12.1 Å². The Morgan fingerprint density at radius 2 is 1.79 bits per heavy atom. The van der Waals surface area contributed by atoms with Crippen molar-refractivity contribution in [2.75, 3.05) is 0 Å². The van der Waals surface area contributed by atoms with Gasteiger partial charge in [-0.05, 0) is 54.2 Å². The van der Waals surface area contributed by atoms with Crippen LogP contribution in [0.4, 0.5) is 4.39 Å². The van der Waals surface area contributed by atoms with Gasteiger partial charge >= 0.3 is 0 Å². The molecule has 3 fully saturated rings. The van der Waals surface area contributed by atoms with E-state index in [0.29, 0.717) is 17.9 Å². The summed E-state index contributed by atoms with van der Waals surface area (Å²) in [5.41, 5.74) is 1.08. The fraction of sp³-hybridized carbons (Fsp3) is 0.562. The van der Waals surface area contributed by atoms with E-state index < -0.39 is 0 Å². The van der Waals surface area contributed by atoms with E-state index in [2.05, 4.69) is 5.32 Å². The van der Waals surface area contributed by atoms with Crippen LogP contribution in [0.5, 0.6) is 0 Å². The molecule has 0 saturated heterocycles. The number of carbonyl (C=O) groups is 1. The van der Waals surface area contributed by atoms with Gasteiger partial charge in [-0.3, -0.25) is 0 Å². The number of carbonyl (C=O) groups excluding carboxylic acids is 1. The molecule has 4 unspecified atom stereocenters. The lowest BCUT2D eigenvalue weighted by Gasteiger charge is -2.28. The second kappa shape index (κ2) is 4.14. The van der Waals surface area contributed by atoms with Gasteiger partial charge in [-0.2, -0.15) is 0 Å². The summed E-state index contributed by atoms with van der Waals surface area (Å²) >= 11 is 0. The minimum atomic E-state index is -0.199. The number of fused-ring (bicyclic) bond motifs is 5. The highest BCUT2D eigenvalue weighted by Gasteiger charge is 2.64. The van der Waals surface area contributed by atoms with Crippen LogP contribution in [0.25, 0.3) is 0 Å². The van der Waals surface area contributed by atoms with E-state index >= 15 is 0 Å². The van der Waals surface area contributed by atoms with Gasteiger partial charge < -0.3 is 10.1 Å². The van der Waals surface area contributed by atoms with Crippen molar-refractivity contribution in [1.82, 2.24) is 5.32 Å². The first-order valence-corrected chi connectivity index (χ1v) is 7.21. The second-order valence-electron chi connectivity index (χ2n) is 6.37. The molecule has 0 heterocycles. The topological polar surface area (TPSA) is 29.1 Å². The lowest BCUT2D eigenvalue weighted by atomic mass is 9.85. The zero-order chi connectivity index (χ0) is 13.0. The Kier molecular flexibility index (Phi) is 2.52. The van der Waals surface area contributed by atoms with Crippen LogP contribution in [0, 0.1) is 35.4 Å². The monoisotopic (exact) mass is 259 g/mol. The number of nitrogens with one attached hydrogen (secondary N) is 1. The number of hydrogen-bond donors (Lipinski definition) is 1. The first-order chi connectivity index (χ1) is 9.28. The predicted molar refractivity (Wildman–Crippen MR) is 69.8 cm³/mol. The molecule has 2 nitrogen and oxygen atoms in total. The van der Waals surface area contributed by atoms with E-state index in [1.165, 1.54) is 31.3 Å². The second-order valence-corrected chi connectivity index (χ2v) is 6.37.